The topological polar surface area (TPSA) is 52.7 Å². The molecule has 2 fully saturated rings. The van der Waals surface area contributed by atoms with Gasteiger partial charge in [0.15, 0.2) is 0 Å². The van der Waals surface area contributed by atoms with Gasteiger partial charge in [0, 0.05) is 30.8 Å². The molecule has 2 aliphatic heterocycles. The van der Waals surface area contributed by atoms with Crippen molar-refractivity contribution in [3.8, 4) is 0 Å². The number of benzene rings is 1. The fourth-order valence-electron chi connectivity index (χ4n) is 4.29. The van der Waals surface area contributed by atoms with Crippen LogP contribution in [0.5, 0.6) is 0 Å². The van der Waals surface area contributed by atoms with E-state index in [-0.39, 0.29) is 28.9 Å². The maximum absolute atomic E-state index is 13.8. The number of carbonyl (C=O) groups is 2. The molecule has 3 unspecified atom stereocenters. The standard InChI is InChI=1S/C23H34FN3O2S/c1-16(2)22(29)27-20(15-30-23(27)18-9-6-10-19(24)14-18)21(28)25-11-7-13-26-12-5-4-8-17(26)3/h6,9-10,14,16-17,20,23H,4-5,7-8,11-13,15H2,1-3H3,(H,25,28). The van der Waals surface area contributed by atoms with Crippen LogP contribution < -0.4 is 5.32 Å². The van der Waals surface area contributed by atoms with E-state index in [1.54, 1.807) is 11.0 Å². The summed E-state index contributed by atoms with van der Waals surface area (Å²) in [4.78, 5) is 30.0. The number of halogens is 1. The van der Waals surface area contributed by atoms with Crippen molar-refractivity contribution in [3.63, 3.8) is 0 Å². The molecule has 0 bridgehead atoms. The Bertz CT molecular complexity index is 745. The second-order valence-electron chi connectivity index (χ2n) is 8.68. The van der Waals surface area contributed by atoms with Crippen molar-refractivity contribution in [3.05, 3.63) is 35.6 Å². The van der Waals surface area contributed by atoms with E-state index in [1.807, 2.05) is 19.9 Å². The number of thioether (sulfide) groups is 1. The second kappa shape index (κ2) is 10.6. The lowest BCUT2D eigenvalue weighted by Gasteiger charge is -2.33. The predicted octanol–water partition coefficient (Wildman–Crippen LogP) is 3.81. The van der Waals surface area contributed by atoms with Crippen molar-refractivity contribution in [2.75, 3.05) is 25.4 Å². The number of likely N-dealkylation sites (tertiary alicyclic amines) is 1. The molecule has 0 aliphatic carbocycles. The van der Waals surface area contributed by atoms with E-state index in [0.717, 1.165) is 25.1 Å². The first kappa shape index (κ1) is 23.1. The highest BCUT2D eigenvalue weighted by molar-refractivity contribution is 7.99. The highest BCUT2D eigenvalue weighted by Crippen LogP contribution is 2.42. The van der Waals surface area contributed by atoms with Crippen LogP contribution in [-0.2, 0) is 9.59 Å². The molecule has 0 radical (unpaired) electrons. The van der Waals surface area contributed by atoms with E-state index in [2.05, 4.69) is 17.1 Å². The molecule has 166 valence electrons. The van der Waals surface area contributed by atoms with Gasteiger partial charge in [-0.25, -0.2) is 4.39 Å². The van der Waals surface area contributed by atoms with E-state index in [1.165, 1.54) is 43.2 Å². The predicted molar refractivity (Wildman–Crippen MR) is 120 cm³/mol. The summed E-state index contributed by atoms with van der Waals surface area (Å²) >= 11 is 1.53. The minimum atomic E-state index is -0.521. The first-order valence-electron chi connectivity index (χ1n) is 11.1. The van der Waals surface area contributed by atoms with E-state index >= 15 is 0 Å². The van der Waals surface area contributed by atoms with Crippen molar-refractivity contribution >= 4 is 23.6 Å². The van der Waals surface area contributed by atoms with Crippen molar-refractivity contribution < 1.29 is 14.0 Å². The lowest BCUT2D eigenvalue weighted by Crippen LogP contribution is -2.49. The molecule has 0 aromatic heterocycles. The summed E-state index contributed by atoms with van der Waals surface area (Å²) in [6, 6.07) is 6.42. The lowest BCUT2D eigenvalue weighted by molar-refractivity contribution is -0.142. The Hall–Kier alpha value is -1.60. The summed E-state index contributed by atoms with van der Waals surface area (Å²) in [6.07, 6.45) is 4.71. The van der Waals surface area contributed by atoms with Gasteiger partial charge in [0.1, 0.15) is 17.2 Å². The zero-order valence-corrected chi connectivity index (χ0v) is 19.1. The van der Waals surface area contributed by atoms with Gasteiger partial charge in [0.25, 0.3) is 0 Å². The van der Waals surface area contributed by atoms with Gasteiger partial charge in [0.05, 0.1) is 0 Å². The van der Waals surface area contributed by atoms with Gasteiger partial charge in [-0.2, -0.15) is 0 Å². The quantitative estimate of drug-likeness (QED) is 0.662. The van der Waals surface area contributed by atoms with Crippen LogP contribution in [-0.4, -0.2) is 59.1 Å². The Labute approximate surface area is 183 Å². The Kier molecular flexibility index (Phi) is 8.17. The smallest absolute Gasteiger partial charge is 0.243 e. The van der Waals surface area contributed by atoms with Crippen molar-refractivity contribution in [2.24, 2.45) is 5.92 Å². The zero-order valence-electron chi connectivity index (χ0n) is 18.3. The number of nitrogens with one attached hydrogen (secondary N) is 1. The van der Waals surface area contributed by atoms with Crippen LogP contribution in [0.2, 0.25) is 0 Å². The molecule has 1 aromatic rings. The number of hydrogen-bond donors (Lipinski definition) is 1. The zero-order chi connectivity index (χ0) is 21.7. The van der Waals surface area contributed by atoms with Gasteiger partial charge < -0.3 is 15.1 Å². The molecule has 2 heterocycles. The molecule has 2 amide bonds. The first-order chi connectivity index (χ1) is 14.4. The molecule has 2 saturated heterocycles. The number of carbonyl (C=O) groups excluding carboxylic acids is 2. The average molecular weight is 436 g/mol. The normalized spacial score (nSPS) is 25.0. The molecule has 30 heavy (non-hydrogen) atoms. The van der Waals surface area contributed by atoms with Crippen LogP contribution in [0.4, 0.5) is 4.39 Å². The lowest BCUT2D eigenvalue weighted by atomic mass is 10.0. The van der Waals surface area contributed by atoms with Crippen LogP contribution in [0.25, 0.3) is 0 Å². The molecule has 0 saturated carbocycles. The SMILES string of the molecule is CC(C)C(=O)N1C(C(=O)NCCCN2CCCCC2C)CSC1c1cccc(F)c1. The molecular weight excluding hydrogens is 401 g/mol. The van der Waals surface area contributed by atoms with Crippen LogP contribution in [0.3, 0.4) is 0 Å². The van der Waals surface area contributed by atoms with Gasteiger partial charge >= 0.3 is 0 Å². The van der Waals surface area contributed by atoms with Gasteiger partial charge in [0.2, 0.25) is 11.8 Å². The molecule has 2 aliphatic rings. The maximum atomic E-state index is 13.8. The number of hydrogen-bond acceptors (Lipinski definition) is 4. The third-order valence-corrected chi connectivity index (χ3v) is 7.37. The van der Waals surface area contributed by atoms with Crippen molar-refractivity contribution in [1.82, 2.24) is 15.1 Å². The number of amides is 2. The van der Waals surface area contributed by atoms with Gasteiger partial charge in [-0.15, -0.1) is 11.8 Å². The molecule has 1 N–H and O–H groups in total. The minimum absolute atomic E-state index is 0.0726. The summed E-state index contributed by atoms with van der Waals surface area (Å²) < 4.78 is 13.8. The van der Waals surface area contributed by atoms with Crippen LogP contribution in [0.15, 0.2) is 24.3 Å². The monoisotopic (exact) mass is 435 g/mol. The Morgan fingerprint density at radius 3 is 2.80 bits per heavy atom. The summed E-state index contributed by atoms with van der Waals surface area (Å²) in [5.74, 6) is -0.214. The number of nitrogens with zero attached hydrogens (tertiary/aromatic N) is 2. The van der Waals surface area contributed by atoms with E-state index in [0.29, 0.717) is 18.3 Å². The second-order valence-corrected chi connectivity index (χ2v) is 9.80. The van der Waals surface area contributed by atoms with Gasteiger partial charge in [-0.3, -0.25) is 9.59 Å². The number of rotatable bonds is 7. The van der Waals surface area contributed by atoms with E-state index in [4.69, 9.17) is 0 Å². The fourth-order valence-corrected chi connectivity index (χ4v) is 5.72. The summed E-state index contributed by atoms with van der Waals surface area (Å²) in [7, 11) is 0. The van der Waals surface area contributed by atoms with E-state index in [9.17, 15) is 14.0 Å². The molecule has 5 nitrogen and oxygen atoms in total. The molecule has 0 spiro atoms. The number of piperidine rings is 1. The highest BCUT2D eigenvalue weighted by atomic mass is 32.2. The molecule has 7 heteroatoms. The Morgan fingerprint density at radius 2 is 2.10 bits per heavy atom. The molecule has 3 atom stereocenters. The van der Waals surface area contributed by atoms with Crippen LogP contribution in [0, 0.1) is 11.7 Å². The summed E-state index contributed by atoms with van der Waals surface area (Å²) in [5, 5.41) is 2.71. The van der Waals surface area contributed by atoms with Crippen molar-refractivity contribution in [2.45, 2.75) is 63.9 Å². The Balaban J connectivity index is 1.60. The highest BCUT2D eigenvalue weighted by Gasteiger charge is 2.42. The van der Waals surface area contributed by atoms with Crippen LogP contribution in [0.1, 0.15) is 57.4 Å². The summed E-state index contributed by atoms with van der Waals surface area (Å²) in [5.41, 5.74) is 0.725. The molecule has 1 aromatic carbocycles. The Morgan fingerprint density at radius 1 is 1.30 bits per heavy atom. The van der Waals surface area contributed by atoms with E-state index < -0.39 is 6.04 Å². The largest absolute Gasteiger partial charge is 0.354 e. The van der Waals surface area contributed by atoms with Crippen molar-refractivity contribution in [1.29, 1.82) is 0 Å². The van der Waals surface area contributed by atoms with Crippen LogP contribution >= 0.6 is 11.8 Å². The average Bonchev–Trinajstić information content (AvgIpc) is 3.16. The third kappa shape index (κ3) is 5.55. The molecule has 3 rings (SSSR count). The summed E-state index contributed by atoms with van der Waals surface area (Å²) in [6.45, 7) is 8.68. The molecular formula is C23H34FN3O2S. The fraction of sp³-hybridized carbons (Fsp3) is 0.652. The van der Waals surface area contributed by atoms with Gasteiger partial charge in [-0.1, -0.05) is 32.4 Å². The third-order valence-electron chi connectivity index (χ3n) is 6.05. The van der Waals surface area contributed by atoms with Gasteiger partial charge in [-0.05, 0) is 50.4 Å². The minimum Gasteiger partial charge on any atom is -0.354 e. The maximum Gasteiger partial charge on any atom is 0.243 e. The first-order valence-corrected chi connectivity index (χ1v) is 12.1.